The fourth-order valence-corrected chi connectivity index (χ4v) is 2.02. The Bertz CT molecular complexity index is 287. The molecule has 1 aliphatic carbocycles. The van der Waals surface area contributed by atoms with Gasteiger partial charge in [0.15, 0.2) is 0 Å². The average molecular weight is 263 g/mol. The van der Waals surface area contributed by atoms with Crippen LogP contribution in [0.5, 0.6) is 0 Å². The van der Waals surface area contributed by atoms with Gasteiger partial charge in [-0.2, -0.15) is 0 Å². The first-order valence-corrected chi connectivity index (χ1v) is 6.14. The van der Waals surface area contributed by atoms with Crippen LogP contribution in [0.25, 0.3) is 0 Å². The highest BCUT2D eigenvalue weighted by molar-refractivity contribution is 5.80. The van der Waals surface area contributed by atoms with E-state index >= 15 is 0 Å². The number of rotatable bonds is 6. The summed E-state index contributed by atoms with van der Waals surface area (Å²) in [5.41, 5.74) is 0. The van der Waals surface area contributed by atoms with Crippen LogP contribution in [-0.4, -0.2) is 49.3 Å². The molecule has 0 radical (unpaired) electrons. The molecule has 0 spiro atoms. The van der Waals surface area contributed by atoms with E-state index in [2.05, 4.69) is 4.74 Å². The van der Waals surface area contributed by atoms with Crippen molar-refractivity contribution in [2.75, 3.05) is 20.3 Å². The van der Waals surface area contributed by atoms with Crippen LogP contribution in [0.3, 0.4) is 0 Å². The molecule has 0 aliphatic heterocycles. The van der Waals surface area contributed by atoms with Gasteiger partial charge in [-0.3, -0.25) is 9.59 Å². The summed E-state index contributed by atoms with van der Waals surface area (Å²) < 4.78 is 28.3. The van der Waals surface area contributed by atoms with Crippen molar-refractivity contribution in [1.29, 1.82) is 0 Å². The lowest BCUT2D eigenvalue weighted by Gasteiger charge is -2.30. The number of carbonyl (C=O) groups excluding carboxylic acids is 2. The number of alkyl halides is 2. The molecule has 0 saturated heterocycles. The summed E-state index contributed by atoms with van der Waals surface area (Å²) in [5.74, 6) is 0.121. The molecule has 0 unspecified atom stereocenters. The Morgan fingerprint density at radius 3 is 2.61 bits per heavy atom. The highest BCUT2D eigenvalue weighted by Crippen LogP contribution is 2.19. The Hall–Kier alpha value is -1.04. The number of halogens is 2. The van der Waals surface area contributed by atoms with Crippen LogP contribution in [0.1, 0.15) is 32.1 Å². The van der Waals surface area contributed by atoms with Crippen LogP contribution in [0.4, 0.5) is 8.78 Å². The second-order valence-electron chi connectivity index (χ2n) is 4.49. The third kappa shape index (κ3) is 5.08. The maximum absolute atomic E-state index is 11.8. The molecule has 1 amide bonds. The molecule has 0 N–H and O–H groups in total. The summed E-state index contributed by atoms with van der Waals surface area (Å²) >= 11 is 0. The van der Waals surface area contributed by atoms with Gasteiger partial charge < -0.3 is 9.64 Å². The standard InChI is InChI=1S/C12H19F2NO3/c1-15(9-2-4-10(16)5-3-9)12(17)6-7-18-8-11(13)14/h9,11H,2-8H2,1H3. The number of carbonyl (C=O) groups is 2. The first kappa shape index (κ1) is 15.0. The summed E-state index contributed by atoms with van der Waals surface area (Å²) in [7, 11) is 1.69. The average Bonchev–Trinajstić information content (AvgIpc) is 2.34. The summed E-state index contributed by atoms with van der Waals surface area (Å²) in [4.78, 5) is 24.4. The third-order valence-electron chi connectivity index (χ3n) is 3.16. The van der Waals surface area contributed by atoms with E-state index < -0.39 is 13.0 Å². The Morgan fingerprint density at radius 2 is 2.06 bits per heavy atom. The quantitative estimate of drug-likeness (QED) is 0.684. The molecular formula is C12H19F2NO3. The highest BCUT2D eigenvalue weighted by Gasteiger charge is 2.24. The number of hydrogen-bond acceptors (Lipinski definition) is 3. The Labute approximate surface area is 105 Å². The minimum atomic E-state index is -2.50. The van der Waals surface area contributed by atoms with Gasteiger partial charge in [0.1, 0.15) is 12.4 Å². The van der Waals surface area contributed by atoms with Crippen LogP contribution in [-0.2, 0) is 14.3 Å². The second-order valence-corrected chi connectivity index (χ2v) is 4.49. The van der Waals surface area contributed by atoms with Crippen molar-refractivity contribution in [2.45, 2.75) is 44.6 Å². The molecule has 0 aromatic carbocycles. The van der Waals surface area contributed by atoms with Gasteiger partial charge >= 0.3 is 0 Å². The molecule has 1 rings (SSSR count). The minimum Gasteiger partial charge on any atom is -0.375 e. The van der Waals surface area contributed by atoms with Gasteiger partial charge in [0.05, 0.1) is 13.0 Å². The summed E-state index contributed by atoms with van der Waals surface area (Å²) in [5, 5.41) is 0. The zero-order chi connectivity index (χ0) is 13.5. The van der Waals surface area contributed by atoms with Crippen LogP contribution >= 0.6 is 0 Å². The van der Waals surface area contributed by atoms with Gasteiger partial charge in [-0.1, -0.05) is 0 Å². The number of amides is 1. The van der Waals surface area contributed by atoms with E-state index in [1.807, 2.05) is 0 Å². The molecule has 18 heavy (non-hydrogen) atoms. The predicted octanol–water partition coefficient (Wildman–Crippen LogP) is 1.63. The molecule has 1 fully saturated rings. The Kier molecular flexibility index (Phi) is 6.18. The lowest BCUT2D eigenvalue weighted by Crippen LogP contribution is -2.40. The molecule has 6 heteroatoms. The number of ether oxygens (including phenoxy) is 1. The number of ketones is 1. The molecule has 4 nitrogen and oxygen atoms in total. The van der Waals surface area contributed by atoms with E-state index in [1.54, 1.807) is 11.9 Å². The molecule has 0 heterocycles. The van der Waals surface area contributed by atoms with Gasteiger partial charge in [0.2, 0.25) is 5.91 Å². The molecule has 1 saturated carbocycles. The molecule has 0 bridgehead atoms. The van der Waals surface area contributed by atoms with Crippen molar-refractivity contribution in [3.05, 3.63) is 0 Å². The Balaban J connectivity index is 2.22. The van der Waals surface area contributed by atoms with E-state index in [-0.39, 0.29) is 30.8 Å². The van der Waals surface area contributed by atoms with Crippen LogP contribution < -0.4 is 0 Å². The van der Waals surface area contributed by atoms with Crippen LogP contribution in [0.15, 0.2) is 0 Å². The summed E-state index contributed by atoms with van der Waals surface area (Å²) in [6, 6.07) is 0.0882. The van der Waals surface area contributed by atoms with Crippen LogP contribution in [0, 0.1) is 0 Å². The molecule has 0 atom stereocenters. The smallest absolute Gasteiger partial charge is 0.261 e. The van der Waals surface area contributed by atoms with Gasteiger partial charge in [-0.05, 0) is 12.8 Å². The first-order chi connectivity index (χ1) is 8.50. The topological polar surface area (TPSA) is 46.6 Å². The molecule has 0 aromatic rings. The zero-order valence-electron chi connectivity index (χ0n) is 10.5. The third-order valence-corrected chi connectivity index (χ3v) is 3.16. The first-order valence-electron chi connectivity index (χ1n) is 6.14. The molecule has 104 valence electrons. The van der Waals surface area contributed by atoms with Crippen molar-refractivity contribution < 1.29 is 23.1 Å². The zero-order valence-corrected chi connectivity index (χ0v) is 10.5. The minimum absolute atomic E-state index is 0.0131. The number of Topliss-reactive ketones (excluding diaryl/α,β-unsaturated/α-hetero) is 1. The van der Waals surface area contributed by atoms with Crippen molar-refractivity contribution in [1.82, 2.24) is 4.90 Å². The van der Waals surface area contributed by atoms with Crippen LogP contribution in [0.2, 0.25) is 0 Å². The highest BCUT2D eigenvalue weighted by atomic mass is 19.3. The summed E-state index contributed by atoms with van der Waals surface area (Å²) in [6.45, 7) is -0.617. The van der Waals surface area contributed by atoms with Gasteiger partial charge in [-0.15, -0.1) is 0 Å². The van der Waals surface area contributed by atoms with E-state index in [9.17, 15) is 18.4 Å². The fourth-order valence-electron chi connectivity index (χ4n) is 2.02. The maximum atomic E-state index is 11.8. The van der Waals surface area contributed by atoms with Gasteiger partial charge in [0.25, 0.3) is 6.43 Å². The van der Waals surface area contributed by atoms with Gasteiger partial charge in [0, 0.05) is 25.9 Å². The maximum Gasteiger partial charge on any atom is 0.261 e. The van der Waals surface area contributed by atoms with Crippen molar-refractivity contribution in [3.63, 3.8) is 0 Å². The lowest BCUT2D eigenvalue weighted by molar-refractivity contribution is -0.135. The van der Waals surface area contributed by atoms with Crippen molar-refractivity contribution in [2.24, 2.45) is 0 Å². The fraction of sp³-hybridized carbons (Fsp3) is 0.833. The van der Waals surface area contributed by atoms with Gasteiger partial charge in [-0.25, -0.2) is 8.78 Å². The van der Waals surface area contributed by atoms with E-state index in [1.165, 1.54) is 0 Å². The number of hydrogen-bond donors (Lipinski definition) is 0. The van der Waals surface area contributed by atoms with E-state index in [4.69, 9.17) is 0 Å². The molecule has 1 aliphatic rings. The lowest BCUT2D eigenvalue weighted by atomic mass is 9.93. The number of nitrogens with zero attached hydrogens (tertiary/aromatic N) is 1. The normalized spacial score (nSPS) is 17.2. The Morgan fingerprint density at radius 1 is 1.44 bits per heavy atom. The largest absolute Gasteiger partial charge is 0.375 e. The summed E-state index contributed by atoms with van der Waals surface area (Å²) in [6.07, 6.45) is 0.0297. The molecule has 0 aromatic heterocycles. The van der Waals surface area contributed by atoms with Crippen molar-refractivity contribution >= 4 is 11.7 Å². The van der Waals surface area contributed by atoms with E-state index in [0.29, 0.717) is 25.7 Å². The van der Waals surface area contributed by atoms with E-state index in [0.717, 1.165) is 0 Å². The van der Waals surface area contributed by atoms with Crippen molar-refractivity contribution in [3.8, 4) is 0 Å². The second kappa shape index (κ2) is 7.41. The monoisotopic (exact) mass is 263 g/mol. The predicted molar refractivity (Wildman–Crippen MR) is 61.5 cm³/mol. The molecular weight excluding hydrogens is 244 g/mol. The SMILES string of the molecule is CN(C(=O)CCOCC(F)F)C1CCC(=O)CC1.